The Morgan fingerprint density at radius 2 is 1.83 bits per heavy atom. The van der Waals surface area contributed by atoms with Crippen molar-refractivity contribution in [3.8, 4) is 11.5 Å². The number of phenolic OH excluding ortho intramolecular Hbond substituents is 2. The molecule has 1 unspecified atom stereocenters. The van der Waals surface area contributed by atoms with Crippen LogP contribution in [0.3, 0.4) is 0 Å². The van der Waals surface area contributed by atoms with Gasteiger partial charge in [0.15, 0.2) is 0 Å². The molecule has 0 spiro atoms. The van der Waals surface area contributed by atoms with Crippen LogP contribution in [0, 0.1) is 0 Å². The highest BCUT2D eigenvalue weighted by Crippen LogP contribution is 2.23. The molecule has 3 aromatic rings. The predicted molar refractivity (Wildman–Crippen MR) is 158 cm³/mol. The molecule has 2 aromatic carbocycles. The number of hydrogen-bond donors (Lipinski definition) is 5. The molecular formula is C31H40N5O6+. The molecule has 5 N–H and O–H groups in total. The minimum Gasteiger partial charge on any atom is -0.508 e. The van der Waals surface area contributed by atoms with E-state index >= 15 is 0 Å². The SMILES string of the molecule is CCOC(=O)c1cc(NC(=O)N[C@@H](Cc2ccc(O)cc2)C(=O)N[C@H]2CCC[N+](C)(Cc3cccc(O)c3)C2)cn1C. The van der Waals surface area contributed by atoms with Crippen molar-refractivity contribution in [3.63, 3.8) is 0 Å². The number of rotatable bonds is 10. The number of carbonyl (C=O) groups is 3. The number of likely N-dealkylation sites (tertiary alicyclic amines) is 1. The van der Waals surface area contributed by atoms with E-state index in [2.05, 4.69) is 23.0 Å². The van der Waals surface area contributed by atoms with Gasteiger partial charge < -0.3 is 40.0 Å². The molecule has 1 aliphatic heterocycles. The van der Waals surface area contributed by atoms with Crippen LogP contribution < -0.4 is 16.0 Å². The summed E-state index contributed by atoms with van der Waals surface area (Å²) in [5.41, 5.74) is 2.47. The van der Waals surface area contributed by atoms with E-state index in [1.54, 1.807) is 49.0 Å². The lowest BCUT2D eigenvalue weighted by molar-refractivity contribution is -0.927. The first-order valence-electron chi connectivity index (χ1n) is 14.1. The quantitative estimate of drug-likeness (QED) is 0.185. The van der Waals surface area contributed by atoms with Crippen LogP contribution in [0.4, 0.5) is 10.5 Å². The molecule has 0 bridgehead atoms. The zero-order valence-electron chi connectivity index (χ0n) is 24.3. The predicted octanol–water partition coefficient (Wildman–Crippen LogP) is 3.27. The van der Waals surface area contributed by atoms with Gasteiger partial charge in [0.1, 0.15) is 29.8 Å². The first-order chi connectivity index (χ1) is 20.0. The van der Waals surface area contributed by atoms with Gasteiger partial charge in [-0.05, 0) is 55.7 Å². The minimum absolute atomic E-state index is 0.0954. The van der Waals surface area contributed by atoms with Crippen molar-refractivity contribution >= 4 is 23.6 Å². The number of carbonyl (C=O) groups excluding carboxylic acids is 3. The van der Waals surface area contributed by atoms with Gasteiger partial charge in [0.05, 0.1) is 38.5 Å². The summed E-state index contributed by atoms with van der Waals surface area (Å²) in [6, 6.07) is 13.7. The van der Waals surface area contributed by atoms with Crippen molar-refractivity contribution in [3.05, 3.63) is 77.6 Å². The summed E-state index contributed by atoms with van der Waals surface area (Å²) in [7, 11) is 3.82. The van der Waals surface area contributed by atoms with Crippen LogP contribution >= 0.6 is 0 Å². The van der Waals surface area contributed by atoms with Gasteiger partial charge in [-0.25, -0.2) is 9.59 Å². The molecule has 224 valence electrons. The van der Waals surface area contributed by atoms with Gasteiger partial charge in [-0.3, -0.25) is 4.79 Å². The van der Waals surface area contributed by atoms with E-state index in [-0.39, 0.29) is 42.2 Å². The molecule has 1 aromatic heterocycles. The number of benzene rings is 2. The molecular weight excluding hydrogens is 538 g/mol. The Morgan fingerprint density at radius 3 is 2.55 bits per heavy atom. The smallest absolute Gasteiger partial charge is 0.355 e. The summed E-state index contributed by atoms with van der Waals surface area (Å²) in [5.74, 6) is -0.470. The summed E-state index contributed by atoms with van der Waals surface area (Å²) in [5, 5.41) is 28.2. The molecule has 11 nitrogen and oxygen atoms in total. The fraction of sp³-hybridized carbons (Fsp3) is 0.387. The molecule has 11 heteroatoms. The van der Waals surface area contributed by atoms with Crippen LogP contribution in [0.15, 0.2) is 60.8 Å². The van der Waals surface area contributed by atoms with Crippen LogP contribution in [0.2, 0.25) is 0 Å². The highest BCUT2D eigenvalue weighted by atomic mass is 16.5. The maximum absolute atomic E-state index is 13.6. The molecule has 2 heterocycles. The van der Waals surface area contributed by atoms with Gasteiger partial charge in [0, 0.05) is 25.2 Å². The normalized spacial score (nSPS) is 19.0. The van der Waals surface area contributed by atoms with Gasteiger partial charge >= 0.3 is 12.0 Å². The first kappa shape index (κ1) is 30.4. The summed E-state index contributed by atoms with van der Waals surface area (Å²) in [4.78, 5) is 38.8. The maximum atomic E-state index is 13.6. The van der Waals surface area contributed by atoms with Gasteiger partial charge in [-0.1, -0.05) is 24.3 Å². The number of nitrogens with zero attached hydrogens (tertiary/aromatic N) is 2. The number of phenols is 2. The third kappa shape index (κ3) is 8.26. The molecule has 1 aliphatic rings. The van der Waals surface area contributed by atoms with E-state index in [0.29, 0.717) is 16.7 Å². The Balaban J connectivity index is 1.44. The average Bonchev–Trinajstić information content (AvgIpc) is 3.29. The second-order valence-electron chi connectivity index (χ2n) is 11.2. The fourth-order valence-corrected chi connectivity index (χ4v) is 5.54. The summed E-state index contributed by atoms with van der Waals surface area (Å²) < 4.78 is 7.32. The number of aromatic nitrogens is 1. The van der Waals surface area contributed by atoms with Crippen LogP contribution in [-0.2, 0) is 29.5 Å². The monoisotopic (exact) mass is 578 g/mol. The number of hydrogen-bond acceptors (Lipinski definition) is 6. The highest BCUT2D eigenvalue weighted by Gasteiger charge is 2.34. The lowest BCUT2D eigenvalue weighted by Gasteiger charge is -2.42. The van der Waals surface area contributed by atoms with Gasteiger partial charge in [-0.15, -0.1) is 0 Å². The Labute approximate surface area is 245 Å². The van der Waals surface area contributed by atoms with Crippen molar-refractivity contribution in [2.24, 2.45) is 7.05 Å². The maximum Gasteiger partial charge on any atom is 0.355 e. The van der Waals surface area contributed by atoms with Crippen molar-refractivity contribution in [2.45, 2.75) is 44.8 Å². The molecule has 1 fully saturated rings. The Hall–Kier alpha value is -4.51. The van der Waals surface area contributed by atoms with E-state index in [9.17, 15) is 24.6 Å². The lowest BCUT2D eigenvalue weighted by atomic mass is 10.00. The average molecular weight is 579 g/mol. The van der Waals surface area contributed by atoms with Crippen LogP contribution in [0.5, 0.6) is 11.5 Å². The van der Waals surface area contributed by atoms with Crippen LogP contribution in [0.1, 0.15) is 41.4 Å². The Kier molecular flexibility index (Phi) is 9.74. The number of quaternary nitrogens is 1. The molecule has 0 saturated carbocycles. The number of ether oxygens (including phenoxy) is 1. The highest BCUT2D eigenvalue weighted by molar-refractivity contribution is 5.96. The largest absolute Gasteiger partial charge is 0.508 e. The molecule has 3 amide bonds. The number of anilines is 1. The number of likely N-dealkylation sites (N-methyl/N-ethyl adjacent to an activating group) is 1. The summed E-state index contributed by atoms with van der Waals surface area (Å²) >= 11 is 0. The van der Waals surface area contributed by atoms with E-state index in [1.165, 1.54) is 18.2 Å². The number of amides is 3. The minimum atomic E-state index is -0.894. The number of aromatic hydroxyl groups is 2. The number of piperidine rings is 1. The number of nitrogens with one attached hydrogen (secondary N) is 3. The zero-order valence-corrected chi connectivity index (χ0v) is 24.3. The Bertz CT molecular complexity index is 1410. The third-order valence-electron chi connectivity index (χ3n) is 7.48. The van der Waals surface area contributed by atoms with Crippen molar-refractivity contribution in [1.82, 2.24) is 15.2 Å². The topological polar surface area (TPSA) is 142 Å². The van der Waals surface area contributed by atoms with Crippen molar-refractivity contribution < 1.29 is 33.8 Å². The summed E-state index contributed by atoms with van der Waals surface area (Å²) in [6.07, 6.45) is 3.55. The second kappa shape index (κ2) is 13.4. The van der Waals surface area contributed by atoms with Gasteiger partial charge in [0.25, 0.3) is 0 Å². The number of aryl methyl sites for hydroxylation is 1. The Morgan fingerprint density at radius 1 is 1.07 bits per heavy atom. The third-order valence-corrected chi connectivity index (χ3v) is 7.48. The fourth-order valence-electron chi connectivity index (χ4n) is 5.54. The van der Waals surface area contributed by atoms with Crippen molar-refractivity contribution in [2.75, 3.05) is 32.1 Å². The van der Waals surface area contributed by atoms with Crippen LogP contribution in [0.25, 0.3) is 0 Å². The first-order valence-corrected chi connectivity index (χ1v) is 14.1. The molecule has 1 saturated heterocycles. The standard InChI is InChI=1S/C31H39N5O6/c1-4-42-30(40)28-17-24(18-35(28)2)33-31(41)34-27(16-21-10-12-25(37)13-11-21)29(39)32-23-8-6-14-36(3,20-23)19-22-7-5-9-26(38)15-22/h5,7,9-13,15,17-18,23,27H,4,6,8,14,16,19-20H2,1-3H3,(H4-,32,33,34,37,38,39,41)/p+1/t23-,27-,36?/m0/s1. The van der Waals surface area contributed by atoms with Crippen molar-refractivity contribution in [1.29, 1.82) is 0 Å². The van der Waals surface area contributed by atoms with E-state index in [1.807, 2.05) is 12.1 Å². The molecule has 3 atom stereocenters. The second-order valence-corrected chi connectivity index (χ2v) is 11.2. The van der Waals surface area contributed by atoms with E-state index in [0.717, 1.165) is 37.1 Å². The summed E-state index contributed by atoms with van der Waals surface area (Å²) in [6.45, 7) is 4.33. The number of esters is 1. The van der Waals surface area contributed by atoms with Gasteiger partial charge in [0.2, 0.25) is 5.91 Å². The van der Waals surface area contributed by atoms with Crippen LogP contribution in [-0.4, -0.2) is 76.0 Å². The van der Waals surface area contributed by atoms with E-state index in [4.69, 9.17) is 4.74 Å². The van der Waals surface area contributed by atoms with Gasteiger partial charge in [-0.2, -0.15) is 0 Å². The number of urea groups is 1. The molecule has 0 radical (unpaired) electrons. The molecule has 42 heavy (non-hydrogen) atoms. The van der Waals surface area contributed by atoms with E-state index < -0.39 is 18.0 Å². The molecule has 4 rings (SSSR count). The lowest BCUT2D eigenvalue weighted by Crippen LogP contribution is -2.59. The molecule has 0 aliphatic carbocycles. The zero-order chi connectivity index (χ0) is 30.3.